The summed E-state index contributed by atoms with van der Waals surface area (Å²) in [5.74, 6) is 2.14. The van der Waals surface area contributed by atoms with Gasteiger partial charge in [0, 0.05) is 5.69 Å². The van der Waals surface area contributed by atoms with Gasteiger partial charge in [-0.2, -0.15) is 0 Å². The van der Waals surface area contributed by atoms with Crippen LogP contribution in [0.25, 0.3) is 11.5 Å². The van der Waals surface area contributed by atoms with Crippen LogP contribution in [0.4, 0.5) is 0 Å². The first-order chi connectivity index (χ1) is 8.04. The van der Waals surface area contributed by atoms with Crippen LogP contribution in [0.3, 0.4) is 0 Å². The summed E-state index contributed by atoms with van der Waals surface area (Å²) in [5, 5.41) is 0. The van der Waals surface area contributed by atoms with E-state index in [2.05, 4.69) is 9.97 Å². The van der Waals surface area contributed by atoms with Gasteiger partial charge in [-0.25, -0.2) is 9.97 Å². The van der Waals surface area contributed by atoms with Gasteiger partial charge in [-0.05, 0) is 39.0 Å². The zero-order valence-electron chi connectivity index (χ0n) is 10.2. The number of carbonyl (C=O) groups excluding carboxylic acids is 1. The van der Waals surface area contributed by atoms with Crippen molar-refractivity contribution in [3.05, 3.63) is 35.5 Å². The molecule has 0 unspecified atom stereocenters. The lowest BCUT2D eigenvalue weighted by Gasteiger charge is -2.02. The molecule has 0 aliphatic heterocycles. The van der Waals surface area contributed by atoms with Crippen LogP contribution in [-0.2, 0) is 11.2 Å². The van der Waals surface area contributed by atoms with E-state index in [0.29, 0.717) is 11.6 Å². The topological polar surface area (TPSA) is 56.0 Å². The van der Waals surface area contributed by atoms with Crippen LogP contribution >= 0.6 is 0 Å². The largest absolute Gasteiger partial charge is 0.460 e. The van der Waals surface area contributed by atoms with Crippen molar-refractivity contribution in [2.45, 2.75) is 27.2 Å². The standard InChI is InChI=1S/C13H14N2O2/c1-8-6-11(12-5-4-10(3)17-12)15-13(14-8)7-9(2)16/h4-6H,7H2,1-3H3. The highest BCUT2D eigenvalue weighted by molar-refractivity contribution is 5.77. The van der Waals surface area contributed by atoms with E-state index in [1.165, 1.54) is 6.92 Å². The maximum Gasteiger partial charge on any atom is 0.152 e. The van der Waals surface area contributed by atoms with E-state index in [9.17, 15) is 4.79 Å². The lowest BCUT2D eigenvalue weighted by molar-refractivity contribution is -0.116. The van der Waals surface area contributed by atoms with Gasteiger partial charge in [0.25, 0.3) is 0 Å². The van der Waals surface area contributed by atoms with E-state index >= 15 is 0 Å². The molecule has 17 heavy (non-hydrogen) atoms. The van der Waals surface area contributed by atoms with Crippen molar-refractivity contribution >= 4 is 5.78 Å². The summed E-state index contributed by atoms with van der Waals surface area (Å²) in [5.41, 5.74) is 1.56. The molecule has 0 aliphatic carbocycles. The lowest BCUT2D eigenvalue weighted by Crippen LogP contribution is -2.04. The van der Waals surface area contributed by atoms with Crippen LogP contribution < -0.4 is 0 Å². The van der Waals surface area contributed by atoms with Crippen molar-refractivity contribution in [3.8, 4) is 11.5 Å². The van der Waals surface area contributed by atoms with Crippen molar-refractivity contribution in [2.75, 3.05) is 0 Å². The molecule has 0 aromatic carbocycles. The Bertz CT molecular complexity index is 558. The Hall–Kier alpha value is -1.97. The molecule has 2 aromatic rings. The first kappa shape index (κ1) is 11.5. The molecular weight excluding hydrogens is 216 g/mol. The summed E-state index contributed by atoms with van der Waals surface area (Å²) in [6.07, 6.45) is 0.258. The SMILES string of the molecule is CC(=O)Cc1nc(C)cc(-c2ccc(C)o2)n1. The predicted octanol–water partition coefficient (Wildman–Crippen LogP) is 2.48. The number of furan rings is 1. The fourth-order valence-corrected chi connectivity index (χ4v) is 1.63. The number of Topliss-reactive ketones (excluding diaryl/α,β-unsaturated/α-hetero) is 1. The summed E-state index contributed by atoms with van der Waals surface area (Å²) in [7, 11) is 0. The maximum atomic E-state index is 11.1. The highest BCUT2D eigenvalue weighted by atomic mass is 16.3. The number of hydrogen-bond donors (Lipinski definition) is 0. The molecule has 0 N–H and O–H groups in total. The Morgan fingerprint density at radius 2 is 2.06 bits per heavy atom. The van der Waals surface area contributed by atoms with Crippen molar-refractivity contribution in [1.82, 2.24) is 9.97 Å². The summed E-state index contributed by atoms with van der Waals surface area (Å²) in [6.45, 7) is 5.29. The maximum absolute atomic E-state index is 11.1. The van der Waals surface area contributed by atoms with Gasteiger partial charge in [0.05, 0.1) is 6.42 Å². The van der Waals surface area contributed by atoms with Gasteiger partial charge in [0.2, 0.25) is 0 Å². The summed E-state index contributed by atoms with van der Waals surface area (Å²) >= 11 is 0. The second kappa shape index (κ2) is 4.49. The molecule has 2 heterocycles. The van der Waals surface area contributed by atoms with E-state index in [-0.39, 0.29) is 12.2 Å². The van der Waals surface area contributed by atoms with Gasteiger partial charge < -0.3 is 4.42 Å². The van der Waals surface area contributed by atoms with Crippen LogP contribution in [0, 0.1) is 13.8 Å². The highest BCUT2D eigenvalue weighted by Crippen LogP contribution is 2.20. The molecular formula is C13H14N2O2. The molecule has 0 bridgehead atoms. The third-order valence-electron chi connectivity index (χ3n) is 2.30. The van der Waals surface area contributed by atoms with Crippen molar-refractivity contribution < 1.29 is 9.21 Å². The van der Waals surface area contributed by atoms with Crippen molar-refractivity contribution in [1.29, 1.82) is 0 Å². The third-order valence-corrected chi connectivity index (χ3v) is 2.30. The second-order valence-corrected chi connectivity index (χ2v) is 4.10. The molecule has 4 nitrogen and oxygen atoms in total. The molecule has 0 aliphatic rings. The minimum Gasteiger partial charge on any atom is -0.460 e. The van der Waals surface area contributed by atoms with E-state index in [4.69, 9.17) is 4.42 Å². The van der Waals surface area contributed by atoms with E-state index < -0.39 is 0 Å². The first-order valence-corrected chi connectivity index (χ1v) is 5.45. The minimum absolute atomic E-state index is 0.0529. The number of hydrogen-bond acceptors (Lipinski definition) is 4. The van der Waals surface area contributed by atoms with Crippen LogP contribution in [0.15, 0.2) is 22.6 Å². The number of aryl methyl sites for hydroxylation is 2. The molecule has 4 heteroatoms. The Balaban J connectivity index is 2.41. The first-order valence-electron chi connectivity index (χ1n) is 5.45. The number of carbonyl (C=O) groups is 1. The fourth-order valence-electron chi connectivity index (χ4n) is 1.63. The van der Waals surface area contributed by atoms with Crippen LogP contribution in [0.5, 0.6) is 0 Å². The minimum atomic E-state index is 0.0529. The quantitative estimate of drug-likeness (QED) is 0.812. The van der Waals surface area contributed by atoms with Crippen LogP contribution in [-0.4, -0.2) is 15.8 Å². The molecule has 2 aromatic heterocycles. The van der Waals surface area contributed by atoms with Gasteiger partial charge in [0.1, 0.15) is 23.1 Å². The molecule has 0 atom stereocenters. The van der Waals surface area contributed by atoms with Gasteiger partial charge in [-0.1, -0.05) is 0 Å². The van der Waals surface area contributed by atoms with E-state index in [1.54, 1.807) is 0 Å². The smallest absolute Gasteiger partial charge is 0.152 e. The molecule has 0 saturated carbocycles. The lowest BCUT2D eigenvalue weighted by atomic mass is 10.2. The molecule has 2 rings (SSSR count). The second-order valence-electron chi connectivity index (χ2n) is 4.10. The third kappa shape index (κ3) is 2.78. The van der Waals surface area contributed by atoms with Gasteiger partial charge in [0.15, 0.2) is 5.76 Å². The average Bonchev–Trinajstić information content (AvgIpc) is 2.62. The molecule has 0 radical (unpaired) electrons. The number of aromatic nitrogens is 2. The zero-order valence-corrected chi connectivity index (χ0v) is 10.2. The number of nitrogens with zero attached hydrogens (tertiary/aromatic N) is 2. The molecule has 0 saturated heterocycles. The van der Waals surface area contributed by atoms with E-state index in [1.807, 2.05) is 32.0 Å². The Morgan fingerprint density at radius 1 is 1.29 bits per heavy atom. The average molecular weight is 230 g/mol. The Labute approximate surface area is 99.7 Å². The van der Waals surface area contributed by atoms with Crippen LogP contribution in [0.2, 0.25) is 0 Å². The molecule has 0 amide bonds. The Kier molecular flexibility index (Phi) is 3.04. The van der Waals surface area contributed by atoms with Crippen molar-refractivity contribution in [3.63, 3.8) is 0 Å². The van der Waals surface area contributed by atoms with Crippen molar-refractivity contribution in [2.24, 2.45) is 0 Å². The monoisotopic (exact) mass is 230 g/mol. The Morgan fingerprint density at radius 3 is 2.65 bits per heavy atom. The zero-order chi connectivity index (χ0) is 12.4. The summed E-state index contributed by atoms with van der Waals surface area (Å²) < 4.78 is 5.51. The van der Waals surface area contributed by atoms with E-state index in [0.717, 1.165) is 17.1 Å². The van der Waals surface area contributed by atoms with Crippen LogP contribution in [0.1, 0.15) is 24.2 Å². The molecule has 88 valence electrons. The number of rotatable bonds is 3. The van der Waals surface area contributed by atoms with Gasteiger partial charge >= 0.3 is 0 Å². The van der Waals surface area contributed by atoms with Gasteiger partial charge in [-0.3, -0.25) is 4.79 Å². The molecule has 0 spiro atoms. The predicted molar refractivity (Wildman–Crippen MR) is 63.6 cm³/mol. The van der Waals surface area contributed by atoms with Gasteiger partial charge in [-0.15, -0.1) is 0 Å². The summed E-state index contributed by atoms with van der Waals surface area (Å²) in [6, 6.07) is 5.61. The number of ketones is 1. The summed E-state index contributed by atoms with van der Waals surface area (Å²) in [4.78, 5) is 19.6. The highest BCUT2D eigenvalue weighted by Gasteiger charge is 2.09. The normalized spacial score (nSPS) is 10.5. The molecule has 0 fully saturated rings. The fraction of sp³-hybridized carbons (Fsp3) is 0.308.